The Morgan fingerprint density at radius 3 is 2.64 bits per heavy atom. The standard InChI is InChI=1S/C11H12F2O/c1-7(2)5-11(14)9-4-3-8(12)6-10(9)13/h3-4,6,11,14H,1,5H2,2H3. The summed E-state index contributed by atoms with van der Waals surface area (Å²) in [5.74, 6) is -1.37. The van der Waals surface area contributed by atoms with Gasteiger partial charge in [-0.05, 0) is 19.4 Å². The third-order valence-electron chi connectivity index (χ3n) is 1.86. The molecule has 14 heavy (non-hydrogen) atoms. The lowest BCUT2D eigenvalue weighted by Gasteiger charge is -2.11. The van der Waals surface area contributed by atoms with E-state index in [4.69, 9.17) is 0 Å². The molecular formula is C11H12F2O. The van der Waals surface area contributed by atoms with E-state index >= 15 is 0 Å². The molecule has 0 aromatic heterocycles. The predicted molar refractivity (Wildman–Crippen MR) is 50.7 cm³/mol. The first-order valence-corrected chi connectivity index (χ1v) is 4.28. The number of hydrogen-bond donors (Lipinski definition) is 1. The summed E-state index contributed by atoms with van der Waals surface area (Å²) in [5.41, 5.74) is 0.857. The highest BCUT2D eigenvalue weighted by Crippen LogP contribution is 2.23. The van der Waals surface area contributed by atoms with Crippen LogP contribution in [0.3, 0.4) is 0 Å². The Morgan fingerprint density at radius 2 is 2.14 bits per heavy atom. The van der Waals surface area contributed by atoms with Crippen LogP contribution in [0.25, 0.3) is 0 Å². The molecule has 1 aromatic rings. The SMILES string of the molecule is C=C(C)CC(O)c1ccc(F)cc1F. The zero-order chi connectivity index (χ0) is 10.7. The van der Waals surface area contributed by atoms with E-state index in [1.807, 2.05) is 0 Å². The second-order valence-corrected chi connectivity index (χ2v) is 3.34. The molecule has 0 aliphatic heterocycles. The molecule has 1 N–H and O–H groups in total. The molecule has 0 radical (unpaired) electrons. The Kier molecular flexibility index (Phi) is 3.36. The fourth-order valence-corrected chi connectivity index (χ4v) is 1.21. The molecule has 0 bridgehead atoms. The number of hydrogen-bond acceptors (Lipinski definition) is 1. The minimum Gasteiger partial charge on any atom is -0.388 e. The van der Waals surface area contributed by atoms with Crippen molar-refractivity contribution < 1.29 is 13.9 Å². The van der Waals surface area contributed by atoms with Crippen molar-refractivity contribution in [3.63, 3.8) is 0 Å². The third kappa shape index (κ3) is 2.64. The number of rotatable bonds is 3. The van der Waals surface area contributed by atoms with Crippen LogP contribution in [-0.2, 0) is 0 Å². The summed E-state index contributed by atoms with van der Waals surface area (Å²) in [6.45, 7) is 5.35. The van der Waals surface area contributed by atoms with Gasteiger partial charge in [-0.15, -0.1) is 6.58 Å². The van der Waals surface area contributed by atoms with Gasteiger partial charge in [-0.2, -0.15) is 0 Å². The summed E-state index contributed by atoms with van der Waals surface area (Å²) in [6.07, 6.45) is -0.671. The van der Waals surface area contributed by atoms with Crippen LogP contribution in [-0.4, -0.2) is 5.11 Å². The molecule has 0 amide bonds. The Bertz CT molecular complexity index is 347. The lowest BCUT2D eigenvalue weighted by Crippen LogP contribution is -2.01. The van der Waals surface area contributed by atoms with Crippen molar-refractivity contribution in [2.24, 2.45) is 0 Å². The van der Waals surface area contributed by atoms with Crippen molar-refractivity contribution in [2.45, 2.75) is 19.4 Å². The van der Waals surface area contributed by atoms with Crippen molar-refractivity contribution in [1.82, 2.24) is 0 Å². The molecule has 0 saturated carbocycles. The monoisotopic (exact) mass is 198 g/mol. The predicted octanol–water partition coefficient (Wildman–Crippen LogP) is 2.96. The van der Waals surface area contributed by atoms with Gasteiger partial charge in [0.25, 0.3) is 0 Å². The zero-order valence-corrected chi connectivity index (χ0v) is 7.93. The van der Waals surface area contributed by atoms with Crippen LogP contribution in [0.1, 0.15) is 25.0 Å². The van der Waals surface area contributed by atoms with E-state index in [-0.39, 0.29) is 12.0 Å². The highest BCUT2D eigenvalue weighted by atomic mass is 19.1. The summed E-state index contributed by atoms with van der Waals surface area (Å²) >= 11 is 0. The number of aliphatic hydroxyl groups is 1. The number of aliphatic hydroxyl groups excluding tert-OH is 1. The maximum Gasteiger partial charge on any atom is 0.131 e. The fourth-order valence-electron chi connectivity index (χ4n) is 1.21. The number of halogens is 2. The molecule has 0 saturated heterocycles. The van der Waals surface area contributed by atoms with Gasteiger partial charge in [-0.3, -0.25) is 0 Å². The van der Waals surface area contributed by atoms with Crippen molar-refractivity contribution in [3.8, 4) is 0 Å². The van der Waals surface area contributed by atoms with Gasteiger partial charge >= 0.3 is 0 Å². The van der Waals surface area contributed by atoms with E-state index < -0.39 is 17.7 Å². The van der Waals surface area contributed by atoms with Crippen molar-refractivity contribution >= 4 is 0 Å². The van der Waals surface area contributed by atoms with Crippen LogP contribution in [0.15, 0.2) is 30.4 Å². The summed E-state index contributed by atoms with van der Waals surface area (Å²) in [7, 11) is 0. The Morgan fingerprint density at radius 1 is 1.50 bits per heavy atom. The van der Waals surface area contributed by atoms with Crippen LogP contribution in [0.5, 0.6) is 0 Å². The van der Waals surface area contributed by atoms with Gasteiger partial charge in [-0.1, -0.05) is 11.6 Å². The minimum absolute atomic E-state index is 0.106. The van der Waals surface area contributed by atoms with E-state index in [1.165, 1.54) is 6.07 Å². The molecule has 0 aliphatic rings. The summed E-state index contributed by atoms with van der Waals surface area (Å²) in [5, 5.41) is 9.54. The first-order valence-electron chi connectivity index (χ1n) is 4.28. The molecule has 1 atom stereocenters. The Balaban J connectivity index is 2.90. The minimum atomic E-state index is -0.951. The third-order valence-corrected chi connectivity index (χ3v) is 1.86. The van der Waals surface area contributed by atoms with Crippen LogP contribution < -0.4 is 0 Å². The Hall–Kier alpha value is -1.22. The van der Waals surface area contributed by atoms with Gasteiger partial charge in [0, 0.05) is 11.6 Å². The van der Waals surface area contributed by atoms with Crippen LogP contribution in [0.4, 0.5) is 8.78 Å². The van der Waals surface area contributed by atoms with E-state index in [9.17, 15) is 13.9 Å². The largest absolute Gasteiger partial charge is 0.388 e. The number of benzene rings is 1. The maximum absolute atomic E-state index is 13.1. The van der Waals surface area contributed by atoms with Crippen LogP contribution in [0.2, 0.25) is 0 Å². The van der Waals surface area contributed by atoms with E-state index in [0.717, 1.165) is 17.7 Å². The molecule has 0 aliphatic carbocycles. The highest BCUT2D eigenvalue weighted by Gasteiger charge is 2.13. The van der Waals surface area contributed by atoms with E-state index in [2.05, 4.69) is 6.58 Å². The average molecular weight is 198 g/mol. The molecule has 0 fully saturated rings. The van der Waals surface area contributed by atoms with Crippen LogP contribution >= 0.6 is 0 Å². The van der Waals surface area contributed by atoms with Gasteiger partial charge < -0.3 is 5.11 Å². The summed E-state index contributed by atoms with van der Waals surface area (Å²) < 4.78 is 25.7. The van der Waals surface area contributed by atoms with E-state index in [1.54, 1.807) is 6.92 Å². The summed E-state index contributed by atoms with van der Waals surface area (Å²) in [4.78, 5) is 0. The normalized spacial score (nSPS) is 12.6. The fraction of sp³-hybridized carbons (Fsp3) is 0.273. The smallest absolute Gasteiger partial charge is 0.131 e. The molecule has 1 rings (SSSR count). The average Bonchev–Trinajstić information content (AvgIpc) is 2.01. The van der Waals surface area contributed by atoms with Crippen molar-refractivity contribution in [1.29, 1.82) is 0 Å². The van der Waals surface area contributed by atoms with Crippen LogP contribution in [0, 0.1) is 11.6 Å². The van der Waals surface area contributed by atoms with Gasteiger partial charge in [0.15, 0.2) is 0 Å². The molecule has 3 heteroatoms. The van der Waals surface area contributed by atoms with Gasteiger partial charge in [-0.25, -0.2) is 8.78 Å². The van der Waals surface area contributed by atoms with Gasteiger partial charge in [0.05, 0.1) is 6.10 Å². The first kappa shape index (κ1) is 10.9. The first-order chi connectivity index (χ1) is 6.50. The highest BCUT2D eigenvalue weighted by molar-refractivity contribution is 5.21. The second kappa shape index (κ2) is 4.33. The second-order valence-electron chi connectivity index (χ2n) is 3.34. The molecule has 0 heterocycles. The molecule has 0 spiro atoms. The lowest BCUT2D eigenvalue weighted by molar-refractivity contribution is 0.173. The molecular weight excluding hydrogens is 186 g/mol. The molecule has 1 unspecified atom stereocenters. The molecule has 1 aromatic carbocycles. The van der Waals surface area contributed by atoms with Gasteiger partial charge in [0.2, 0.25) is 0 Å². The van der Waals surface area contributed by atoms with Crippen molar-refractivity contribution in [2.75, 3.05) is 0 Å². The topological polar surface area (TPSA) is 20.2 Å². The lowest BCUT2D eigenvalue weighted by atomic mass is 10.0. The van der Waals surface area contributed by atoms with Gasteiger partial charge in [0.1, 0.15) is 11.6 Å². The molecule has 76 valence electrons. The van der Waals surface area contributed by atoms with Crippen molar-refractivity contribution in [3.05, 3.63) is 47.5 Å². The maximum atomic E-state index is 13.1. The van der Waals surface area contributed by atoms with E-state index in [0.29, 0.717) is 0 Å². The quantitative estimate of drug-likeness (QED) is 0.740. The Labute approximate surface area is 81.7 Å². The summed E-state index contributed by atoms with van der Waals surface area (Å²) in [6, 6.07) is 3.13. The zero-order valence-electron chi connectivity index (χ0n) is 7.93. The molecule has 1 nitrogen and oxygen atoms in total.